The number of pyridine rings is 2. The first kappa shape index (κ1) is 22.4. The number of ether oxygens (including phenoxy) is 1. The Bertz CT molecular complexity index is 1060. The van der Waals surface area contributed by atoms with Crippen LogP contribution in [0.2, 0.25) is 0 Å². The fourth-order valence-corrected chi connectivity index (χ4v) is 4.51. The molecular formula is C23H30FN5O3. The Kier molecular flexibility index (Phi) is 6.57. The number of aromatic nitrogens is 2. The van der Waals surface area contributed by atoms with E-state index in [0.717, 1.165) is 29.9 Å². The van der Waals surface area contributed by atoms with Gasteiger partial charge in [0.05, 0.1) is 18.4 Å². The fourth-order valence-electron chi connectivity index (χ4n) is 4.51. The first-order valence-electron chi connectivity index (χ1n) is 11.1. The van der Waals surface area contributed by atoms with Gasteiger partial charge in [0.1, 0.15) is 5.69 Å². The molecular weight excluding hydrogens is 413 g/mol. The molecule has 2 N–H and O–H groups in total. The van der Waals surface area contributed by atoms with Gasteiger partial charge in [-0.15, -0.1) is 0 Å². The first-order valence-corrected chi connectivity index (χ1v) is 11.1. The lowest BCUT2D eigenvalue weighted by Crippen LogP contribution is -2.54. The number of fused-ring (bicyclic) bond motifs is 1. The van der Waals surface area contributed by atoms with E-state index < -0.39 is 11.9 Å². The van der Waals surface area contributed by atoms with Crippen molar-refractivity contribution in [1.29, 1.82) is 0 Å². The number of nitrogens with one attached hydrogen (secondary N) is 2. The molecule has 1 saturated heterocycles. The largest absolute Gasteiger partial charge is 0.372 e. The Morgan fingerprint density at radius 2 is 2.19 bits per heavy atom. The third kappa shape index (κ3) is 4.54. The number of piperazine rings is 1. The molecule has 4 heterocycles. The lowest BCUT2D eigenvalue weighted by molar-refractivity contribution is -0.00539. The maximum Gasteiger partial charge on any atom is 0.269 e. The van der Waals surface area contributed by atoms with Gasteiger partial charge in [0.15, 0.2) is 0 Å². The Morgan fingerprint density at radius 1 is 1.38 bits per heavy atom. The fraction of sp³-hybridized carbons (Fsp3) is 0.522. The van der Waals surface area contributed by atoms with Crippen molar-refractivity contribution in [3.05, 3.63) is 57.0 Å². The second-order valence-electron chi connectivity index (χ2n) is 8.49. The maximum absolute atomic E-state index is 14.6. The molecule has 2 atom stereocenters. The molecule has 2 aliphatic heterocycles. The smallest absolute Gasteiger partial charge is 0.269 e. The quantitative estimate of drug-likeness (QED) is 0.681. The van der Waals surface area contributed by atoms with Gasteiger partial charge in [0, 0.05) is 56.9 Å². The summed E-state index contributed by atoms with van der Waals surface area (Å²) in [6.07, 6.45) is 1.39. The number of hydrogen-bond acceptors (Lipinski definition) is 6. The maximum atomic E-state index is 14.6. The number of halogens is 1. The summed E-state index contributed by atoms with van der Waals surface area (Å²) >= 11 is 0. The molecule has 32 heavy (non-hydrogen) atoms. The van der Waals surface area contributed by atoms with Crippen molar-refractivity contribution in [2.24, 2.45) is 0 Å². The third-order valence-electron chi connectivity index (χ3n) is 6.41. The Morgan fingerprint density at radius 3 is 2.88 bits per heavy atom. The van der Waals surface area contributed by atoms with E-state index in [1.54, 1.807) is 12.1 Å². The number of aryl methyl sites for hydroxylation is 1. The molecule has 2 aromatic rings. The van der Waals surface area contributed by atoms with Crippen molar-refractivity contribution in [2.75, 3.05) is 38.1 Å². The van der Waals surface area contributed by atoms with Crippen molar-refractivity contribution < 1.29 is 13.9 Å². The van der Waals surface area contributed by atoms with Crippen LogP contribution in [0.5, 0.6) is 0 Å². The number of carbonyl (C=O) groups excluding carboxylic acids is 1. The van der Waals surface area contributed by atoms with E-state index in [4.69, 9.17) is 4.74 Å². The van der Waals surface area contributed by atoms with Gasteiger partial charge in [0.25, 0.3) is 11.5 Å². The van der Waals surface area contributed by atoms with Crippen LogP contribution in [0, 0.1) is 5.95 Å². The summed E-state index contributed by atoms with van der Waals surface area (Å²) in [4.78, 5) is 35.0. The molecule has 1 unspecified atom stereocenters. The first-order chi connectivity index (χ1) is 15.4. The second kappa shape index (κ2) is 9.38. The van der Waals surface area contributed by atoms with Gasteiger partial charge >= 0.3 is 0 Å². The van der Waals surface area contributed by atoms with Gasteiger partial charge in [-0.05, 0) is 37.1 Å². The van der Waals surface area contributed by atoms with Gasteiger partial charge in [-0.3, -0.25) is 14.5 Å². The molecule has 172 valence electrons. The highest BCUT2D eigenvalue weighted by atomic mass is 19.1. The predicted molar refractivity (Wildman–Crippen MR) is 120 cm³/mol. The van der Waals surface area contributed by atoms with Crippen LogP contribution >= 0.6 is 0 Å². The molecule has 0 aliphatic carbocycles. The lowest BCUT2D eigenvalue weighted by Gasteiger charge is -2.42. The van der Waals surface area contributed by atoms with E-state index in [9.17, 15) is 14.0 Å². The van der Waals surface area contributed by atoms with Crippen molar-refractivity contribution in [3.63, 3.8) is 0 Å². The van der Waals surface area contributed by atoms with E-state index in [-0.39, 0.29) is 23.4 Å². The summed E-state index contributed by atoms with van der Waals surface area (Å²) in [5.74, 6) is -1.04. The molecule has 8 nitrogen and oxygen atoms in total. The Hall–Kier alpha value is -2.78. The number of H-pyrrole nitrogens is 1. The topological polar surface area (TPSA) is 90.6 Å². The zero-order chi connectivity index (χ0) is 22.8. The number of hydrogen-bond donors (Lipinski definition) is 2. The molecule has 1 amide bonds. The van der Waals surface area contributed by atoms with E-state index >= 15 is 0 Å². The van der Waals surface area contributed by atoms with Crippen LogP contribution in [-0.4, -0.2) is 66.1 Å². The summed E-state index contributed by atoms with van der Waals surface area (Å²) < 4.78 is 20.6. The summed E-state index contributed by atoms with van der Waals surface area (Å²) in [7, 11) is 1.49. The van der Waals surface area contributed by atoms with Crippen LogP contribution in [0.15, 0.2) is 23.0 Å². The van der Waals surface area contributed by atoms with E-state index in [1.165, 1.54) is 7.05 Å². The molecule has 9 heteroatoms. The zero-order valence-corrected chi connectivity index (χ0v) is 18.8. The summed E-state index contributed by atoms with van der Waals surface area (Å²) in [5.41, 5.74) is 3.31. The molecule has 0 saturated carbocycles. The van der Waals surface area contributed by atoms with Crippen molar-refractivity contribution in [2.45, 2.75) is 45.4 Å². The highest BCUT2D eigenvalue weighted by Gasteiger charge is 2.30. The number of rotatable bonds is 5. The van der Waals surface area contributed by atoms with Crippen LogP contribution in [0.4, 0.5) is 10.1 Å². The average molecular weight is 444 g/mol. The normalized spacial score (nSPS) is 21.3. The predicted octanol–water partition coefficient (Wildman–Crippen LogP) is 1.48. The van der Waals surface area contributed by atoms with Crippen molar-refractivity contribution in [1.82, 2.24) is 20.2 Å². The third-order valence-corrected chi connectivity index (χ3v) is 6.41. The molecule has 0 bridgehead atoms. The minimum atomic E-state index is -0.630. The van der Waals surface area contributed by atoms with Gasteiger partial charge in [-0.1, -0.05) is 6.92 Å². The summed E-state index contributed by atoms with van der Waals surface area (Å²) in [6, 6.07) is 5.32. The monoisotopic (exact) mass is 443 g/mol. The standard InChI is InChI=1S/C23H30FN5O3/c1-4-15-9-16-13-32-17(10-19(16)27-22(15)30)12-28-7-8-29(11-14(28)2)20-6-5-18(23(31)25-3)26-21(20)24/h5-6,9,14,17H,4,7-8,10-13H2,1-3H3,(H,25,31)(H,27,30)/t14-,17?/m0/s1. The number of nitrogens with zero attached hydrogens (tertiary/aromatic N) is 3. The summed E-state index contributed by atoms with van der Waals surface area (Å²) in [5, 5.41) is 2.45. The lowest BCUT2D eigenvalue weighted by atomic mass is 10.0. The highest BCUT2D eigenvalue weighted by molar-refractivity contribution is 5.92. The van der Waals surface area contributed by atoms with E-state index in [1.807, 2.05) is 17.9 Å². The van der Waals surface area contributed by atoms with Gasteiger partial charge in [-0.2, -0.15) is 4.39 Å². The van der Waals surface area contributed by atoms with Crippen molar-refractivity contribution in [3.8, 4) is 0 Å². The molecule has 0 spiro atoms. The van der Waals surface area contributed by atoms with Gasteiger partial charge < -0.3 is 19.9 Å². The second-order valence-corrected chi connectivity index (χ2v) is 8.49. The Labute approximate surface area is 186 Å². The molecule has 1 fully saturated rings. The molecule has 4 rings (SSSR count). The molecule has 0 radical (unpaired) electrons. The van der Waals surface area contributed by atoms with Crippen LogP contribution in [0.3, 0.4) is 0 Å². The van der Waals surface area contributed by atoms with Crippen LogP contribution < -0.4 is 15.8 Å². The van der Waals surface area contributed by atoms with E-state index in [0.29, 0.717) is 38.2 Å². The summed E-state index contributed by atoms with van der Waals surface area (Å²) in [6.45, 7) is 7.41. The average Bonchev–Trinajstić information content (AvgIpc) is 2.79. The van der Waals surface area contributed by atoms with Gasteiger partial charge in [0.2, 0.25) is 5.95 Å². The van der Waals surface area contributed by atoms with Crippen LogP contribution in [-0.2, 0) is 24.2 Å². The molecule has 0 aromatic carbocycles. The van der Waals surface area contributed by atoms with Crippen LogP contribution in [0.25, 0.3) is 0 Å². The number of anilines is 1. The minimum Gasteiger partial charge on any atom is -0.372 e. The van der Waals surface area contributed by atoms with Gasteiger partial charge in [-0.25, -0.2) is 4.98 Å². The number of amides is 1. The molecule has 2 aromatic heterocycles. The number of aromatic amines is 1. The van der Waals surface area contributed by atoms with Crippen molar-refractivity contribution >= 4 is 11.6 Å². The number of carbonyl (C=O) groups is 1. The minimum absolute atomic E-state index is 0.00451. The molecule has 2 aliphatic rings. The van der Waals surface area contributed by atoms with E-state index in [2.05, 4.69) is 27.1 Å². The van der Waals surface area contributed by atoms with Crippen LogP contribution in [0.1, 0.15) is 41.2 Å². The SMILES string of the molecule is CCc1cc2c([nH]c1=O)CC(CN1CCN(c3ccc(C(=O)NC)nc3F)C[C@@H]1C)OC2. The highest BCUT2D eigenvalue weighted by Crippen LogP contribution is 2.24. The Balaban J connectivity index is 1.38. The zero-order valence-electron chi connectivity index (χ0n) is 18.8.